The molecular formula is C20H19F3N2O3S. The maximum absolute atomic E-state index is 13.2. The van der Waals surface area contributed by atoms with Crippen LogP contribution in [0.15, 0.2) is 65.6 Å². The lowest BCUT2D eigenvalue weighted by Gasteiger charge is -2.33. The molecule has 9 heteroatoms. The Morgan fingerprint density at radius 3 is 2.10 bits per heavy atom. The van der Waals surface area contributed by atoms with Gasteiger partial charge >= 0.3 is 6.18 Å². The summed E-state index contributed by atoms with van der Waals surface area (Å²) >= 11 is 0. The van der Waals surface area contributed by atoms with Crippen molar-refractivity contribution in [1.29, 1.82) is 0 Å². The van der Waals surface area contributed by atoms with Gasteiger partial charge in [0, 0.05) is 32.3 Å². The van der Waals surface area contributed by atoms with Gasteiger partial charge in [-0.05, 0) is 23.8 Å². The first kappa shape index (κ1) is 21.1. The molecule has 0 radical (unpaired) electrons. The van der Waals surface area contributed by atoms with Gasteiger partial charge in [0.05, 0.1) is 10.5 Å². The van der Waals surface area contributed by atoms with Crippen LogP contribution in [0.3, 0.4) is 0 Å². The van der Waals surface area contributed by atoms with Crippen molar-refractivity contribution in [3.8, 4) is 0 Å². The van der Waals surface area contributed by atoms with Crippen molar-refractivity contribution in [2.45, 2.75) is 11.1 Å². The summed E-state index contributed by atoms with van der Waals surface area (Å²) in [6, 6.07) is 13.3. The number of sulfonamides is 1. The van der Waals surface area contributed by atoms with E-state index in [1.165, 1.54) is 17.0 Å². The van der Waals surface area contributed by atoms with E-state index in [1.807, 2.05) is 30.3 Å². The SMILES string of the molecule is O=C(/C=C/c1ccccc1)N1CCN(S(=O)(=O)c2ccccc2C(F)(F)F)CC1. The zero-order valence-corrected chi connectivity index (χ0v) is 16.2. The molecule has 2 aromatic rings. The Balaban J connectivity index is 1.69. The number of alkyl halides is 3. The maximum Gasteiger partial charge on any atom is 0.417 e. The number of amides is 1. The molecular weight excluding hydrogens is 405 g/mol. The molecule has 29 heavy (non-hydrogen) atoms. The molecule has 0 spiro atoms. The average molecular weight is 424 g/mol. The number of nitrogens with zero attached hydrogens (tertiary/aromatic N) is 2. The van der Waals surface area contributed by atoms with Crippen molar-refractivity contribution in [1.82, 2.24) is 9.21 Å². The molecule has 1 amide bonds. The van der Waals surface area contributed by atoms with Gasteiger partial charge in [0.25, 0.3) is 0 Å². The fraction of sp³-hybridized carbons (Fsp3) is 0.250. The molecule has 1 aliphatic heterocycles. The summed E-state index contributed by atoms with van der Waals surface area (Å²) in [5.41, 5.74) is -0.338. The Kier molecular flexibility index (Phi) is 6.09. The molecule has 0 atom stereocenters. The fourth-order valence-electron chi connectivity index (χ4n) is 3.05. The van der Waals surface area contributed by atoms with Gasteiger partial charge < -0.3 is 4.90 Å². The van der Waals surface area contributed by atoms with Crippen LogP contribution in [0.2, 0.25) is 0 Å². The third kappa shape index (κ3) is 4.86. The summed E-state index contributed by atoms with van der Waals surface area (Å²) < 4.78 is 66.1. The second kappa shape index (κ2) is 8.38. The number of carbonyl (C=O) groups excluding carboxylic acids is 1. The van der Waals surface area contributed by atoms with Gasteiger partial charge in [-0.1, -0.05) is 42.5 Å². The number of hydrogen-bond donors (Lipinski definition) is 0. The van der Waals surface area contributed by atoms with Gasteiger partial charge in [0.1, 0.15) is 0 Å². The summed E-state index contributed by atoms with van der Waals surface area (Å²) in [5.74, 6) is -0.276. The van der Waals surface area contributed by atoms with Gasteiger partial charge in [0.2, 0.25) is 15.9 Å². The van der Waals surface area contributed by atoms with Crippen LogP contribution in [0.25, 0.3) is 6.08 Å². The van der Waals surface area contributed by atoms with Crippen LogP contribution < -0.4 is 0 Å². The molecule has 1 aliphatic rings. The molecule has 0 saturated carbocycles. The Labute approximate surface area is 167 Å². The Hall–Kier alpha value is -2.65. The van der Waals surface area contributed by atoms with Gasteiger partial charge in [-0.2, -0.15) is 17.5 Å². The quantitative estimate of drug-likeness (QED) is 0.708. The van der Waals surface area contributed by atoms with Gasteiger partial charge in [-0.25, -0.2) is 8.42 Å². The van der Waals surface area contributed by atoms with Crippen molar-refractivity contribution >= 4 is 22.0 Å². The highest BCUT2D eigenvalue weighted by Crippen LogP contribution is 2.35. The molecule has 0 aliphatic carbocycles. The molecule has 1 fully saturated rings. The second-order valence-electron chi connectivity index (χ2n) is 6.47. The zero-order chi connectivity index (χ0) is 21.1. The van der Waals surface area contributed by atoms with Crippen LogP contribution >= 0.6 is 0 Å². The van der Waals surface area contributed by atoms with E-state index in [0.717, 1.165) is 28.1 Å². The van der Waals surface area contributed by atoms with Gasteiger partial charge in [0.15, 0.2) is 0 Å². The molecule has 1 saturated heterocycles. The first-order valence-electron chi connectivity index (χ1n) is 8.88. The number of hydrogen-bond acceptors (Lipinski definition) is 3. The molecule has 1 heterocycles. The molecule has 0 aromatic heterocycles. The summed E-state index contributed by atoms with van der Waals surface area (Å²) in [4.78, 5) is 13.0. The van der Waals surface area contributed by atoms with Crippen LogP contribution in [0.5, 0.6) is 0 Å². The fourth-order valence-corrected chi connectivity index (χ4v) is 4.69. The normalized spacial score (nSPS) is 16.3. The standard InChI is InChI=1S/C20H19F3N2O3S/c21-20(22,23)17-8-4-5-9-18(17)29(27,28)25-14-12-24(13-15-25)19(26)11-10-16-6-2-1-3-7-16/h1-11H,12-15H2/b11-10+. The Bertz CT molecular complexity index is 997. The lowest BCUT2D eigenvalue weighted by atomic mass is 10.2. The van der Waals surface area contributed by atoms with Crippen LogP contribution in [-0.4, -0.2) is 49.7 Å². The molecule has 154 valence electrons. The Morgan fingerprint density at radius 1 is 0.897 bits per heavy atom. The molecule has 3 rings (SSSR count). The second-order valence-corrected chi connectivity index (χ2v) is 8.37. The minimum Gasteiger partial charge on any atom is -0.337 e. The molecule has 0 bridgehead atoms. The molecule has 2 aromatic carbocycles. The van der Waals surface area contributed by atoms with Crippen molar-refractivity contribution in [2.24, 2.45) is 0 Å². The monoisotopic (exact) mass is 424 g/mol. The first-order valence-corrected chi connectivity index (χ1v) is 10.3. The highest BCUT2D eigenvalue weighted by Gasteiger charge is 2.39. The van der Waals surface area contributed by atoms with Crippen LogP contribution in [0.1, 0.15) is 11.1 Å². The van der Waals surface area contributed by atoms with E-state index >= 15 is 0 Å². The molecule has 5 nitrogen and oxygen atoms in total. The van der Waals surface area contributed by atoms with Crippen molar-refractivity contribution in [3.05, 3.63) is 71.8 Å². The molecule has 0 N–H and O–H groups in total. The topological polar surface area (TPSA) is 57.7 Å². The summed E-state index contributed by atoms with van der Waals surface area (Å²) in [6.45, 7) is 0.0651. The third-order valence-corrected chi connectivity index (χ3v) is 6.54. The van der Waals surface area contributed by atoms with E-state index in [2.05, 4.69) is 0 Å². The smallest absolute Gasteiger partial charge is 0.337 e. The number of rotatable bonds is 4. The Morgan fingerprint density at radius 2 is 1.48 bits per heavy atom. The van der Waals surface area contributed by atoms with Gasteiger partial charge in [-0.3, -0.25) is 4.79 Å². The third-order valence-electron chi connectivity index (χ3n) is 4.58. The van der Waals surface area contributed by atoms with Crippen LogP contribution in [-0.2, 0) is 21.0 Å². The summed E-state index contributed by atoms with van der Waals surface area (Å²) in [6.07, 6.45) is -1.72. The predicted molar refractivity (Wildman–Crippen MR) is 102 cm³/mol. The highest BCUT2D eigenvalue weighted by atomic mass is 32.2. The minimum absolute atomic E-state index is 0.0700. The highest BCUT2D eigenvalue weighted by molar-refractivity contribution is 7.89. The minimum atomic E-state index is -4.77. The van der Waals surface area contributed by atoms with Crippen molar-refractivity contribution in [3.63, 3.8) is 0 Å². The lowest BCUT2D eigenvalue weighted by Crippen LogP contribution is -2.50. The van der Waals surface area contributed by atoms with Crippen molar-refractivity contribution < 1.29 is 26.4 Å². The number of halogens is 3. The number of benzene rings is 2. The molecule has 0 unspecified atom stereocenters. The largest absolute Gasteiger partial charge is 0.417 e. The predicted octanol–water partition coefficient (Wildman–Crippen LogP) is 3.25. The zero-order valence-electron chi connectivity index (χ0n) is 15.3. The number of carbonyl (C=O) groups is 1. The van der Waals surface area contributed by atoms with Crippen molar-refractivity contribution in [2.75, 3.05) is 26.2 Å². The number of piperazine rings is 1. The lowest BCUT2D eigenvalue weighted by molar-refractivity contribution is -0.139. The average Bonchev–Trinajstić information content (AvgIpc) is 2.72. The van der Waals surface area contributed by atoms with E-state index in [-0.39, 0.29) is 32.1 Å². The van der Waals surface area contributed by atoms with Gasteiger partial charge in [-0.15, -0.1) is 0 Å². The first-order chi connectivity index (χ1) is 13.7. The van der Waals surface area contributed by atoms with E-state index in [4.69, 9.17) is 0 Å². The van der Waals surface area contributed by atoms with Crippen LogP contribution in [0.4, 0.5) is 13.2 Å². The van der Waals surface area contributed by atoms with E-state index in [9.17, 15) is 26.4 Å². The maximum atomic E-state index is 13.2. The summed E-state index contributed by atoms with van der Waals surface area (Å²) in [7, 11) is -4.32. The van der Waals surface area contributed by atoms with E-state index in [1.54, 1.807) is 6.08 Å². The van der Waals surface area contributed by atoms with Crippen LogP contribution in [0, 0.1) is 0 Å². The summed E-state index contributed by atoms with van der Waals surface area (Å²) in [5, 5.41) is 0. The van der Waals surface area contributed by atoms with E-state index in [0.29, 0.717) is 0 Å². The van der Waals surface area contributed by atoms with E-state index < -0.39 is 26.7 Å².